The van der Waals surface area contributed by atoms with Crippen LogP contribution in [0.4, 0.5) is 0 Å². The highest BCUT2D eigenvalue weighted by molar-refractivity contribution is 8.15. The molecule has 0 aromatic carbocycles. The van der Waals surface area contributed by atoms with Gasteiger partial charge >= 0.3 is 0 Å². The molecule has 1 atom stereocenters. The number of carbonyl (C=O) groups is 1. The fourth-order valence-corrected chi connectivity index (χ4v) is 3.22. The third-order valence-electron chi connectivity index (χ3n) is 2.25. The second-order valence-corrected chi connectivity index (χ2v) is 5.21. The normalized spacial score (nSPS) is 19.6. The second kappa shape index (κ2) is 4.99. The molecule has 0 N–H and O–H groups in total. The Morgan fingerprint density at radius 1 is 1.69 bits per heavy atom. The summed E-state index contributed by atoms with van der Waals surface area (Å²) in [7, 11) is 3.08. The molecule has 0 saturated carbocycles. The number of hydrogen-bond donors (Lipinski definition) is 0. The van der Waals surface area contributed by atoms with E-state index in [1.807, 2.05) is 17.5 Å². The molecule has 0 aliphatic carbocycles. The molecule has 1 aliphatic heterocycles. The Morgan fingerprint density at radius 2 is 2.50 bits per heavy atom. The summed E-state index contributed by atoms with van der Waals surface area (Å²) in [4.78, 5) is 22.2. The third kappa shape index (κ3) is 2.28. The van der Waals surface area contributed by atoms with E-state index in [1.165, 1.54) is 12.2 Å². The predicted octanol–water partition coefficient (Wildman–Crippen LogP) is 1.63. The SMILES string of the molecule is CON(C)C(=O)C1CSC(c2cccs2)=N1. The predicted molar refractivity (Wildman–Crippen MR) is 66.9 cm³/mol. The second-order valence-electron chi connectivity index (χ2n) is 3.26. The van der Waals surface area contributed by atoms with Gasteiger partial charge in [-0.05, 0) is 11.4 Å². The molecule has 0 radical (unpaired) electrons. The Kier molecular flexibility index (Phi) is 3.63. The molecule has 1 amide bonds. The van der Waals surface area contributed by atoms with Crippen molar-refractivity contribution < 1.29 is 9.63 Å². The van der Waals surface area contributed by atoms with Crippen molar-refractivity contribution in [2.24, 2.45) is 4.99 Å². The van der Waals surface area contributed by atoms with Crippen molar-refractivity contribution in [1.82, 2.24) is 5.06 Å². The van der Waals surface area contributed by atoms with E-state index in [0.29, 0.717) is 5.75 Å². The van der Waals surface area contributed by atoms with E-state index in [9.17, 15) is 4.79 Å². The molecular weight excluding hydrogens is 244 g/mol. The van der Waals surface area contributed by atoms with Crippen molar-refractivity contribution in [3.8, 4) is 0 Å². The van der Waals surface area contributed by atoms with E-state index in [0.717, 1.165) is 9.92 Å². The zero-order valence-electron chi connectivity index (χ0n) is 9.04. The average molecular weight is 256 g/mol. The molecule has 0 spiro atoms. The van der Waals surface area contributed by atoms with E-state index in [4.69, 9.17) is 4.84 Å². The van der Waals surface area contributed by atoms with E-state index in [-0.39, 0.29) is 11.9 Å². The smallest absolute Gasteiger partial charge is 0.271 e. The number of hydroxylamine groups is 2. The number of amides is 1. The summed E-state index contributed by atoms with van der Waals surface area (Å²) in [6.45, 7) is 0. The number of carbonyl (C=O) groups excluding carboxylic acids is 1. The van der Waals surface area contributed by atoms with E-state index in [2.05, 4.69) is 4.99 Å². The molecule has 6 heteroatoms. The van der Waals surface area contributed by atoms with Gasteiger partial charge in [0.1, 0.15) is 11.1 Å². The van der Waals surface area contributed by atoms with Crippen LogP contribution in [0.3, 0.4) is 0 Å². The highest BCUT2D eigenvalue weighted by atomic mass is 32.2. The molecule has 0 saturated heterocycles. The van der Waals surface area contributed by atoms with Gasteiger partial charge in [-0.1, -0.05) is 6.07 Å². The molecule has 0 bridgehead atoms. The lowest BCUT2D eigenvalue weighted by Gasteiger charge is -2.15. The largest absolute Gasteiger partial charge is 0.274 e. The van der Waals surface area contributed by atoms with Crippen LogP contribution < -0.4 is 0 Å². The fourth-order valence-electron chi connectivity index (χ4n) is 1.34. The molecule has 16 heavy (non-hydrogen) atoms. The topological polar surface area (TPSA) is 41.9 Å². The zero-order valence-corrected chi connectivity index (χ0v) is 10.7. The van der Waals surface area contributed by atoms with Gasteiger partial charge < -0.3 is 0 Å². The molecule has 1 unspecified atom stereocenters. The van der Waals surface area contributed by atoms with Crippen LogP contribution in [0.15, 0.2) is 22.5 Å². The first-order valence-corrected chi connectivity index (χ1v) is 6.65. The minimum absolute atomic E-state index is 0.0958. The maximum atomic E-state index is 11.8. The molecule has 4 nitrogen and oxygen atoms in total. The first-order valence-electron chi connectivity index (χ1n) is 4.78. The van der Waals surface area contributed by atoms with Crippen molar-refractivity contribution in [2.75, 3.05) is 19.9 Å². The molecule has 0 fully saturated rings. The van der Waals surface area contributed by atoms with Crippen LogP contribution in [-0.2, 0) is 9.63 Å². The van der Waals surface area contributed by atoms with Crippen LogP contribution in [0.1, 0.15) is 4.88 Å². The van der Waals surface area contributed by atoms with E-state index >= 15 is 0 Å². The average Bonchev–Trinajstić information content (AvgIpc) is 2.96. The monoisotopic (exact) mass is 256 g/mol. The minimum atomic E-state index is -0.313. The summed E-state index contributed by atoms with van der Waals surface area (Å²) in [5.74, 6) is 0.598. The number of hydrogen-bond acceptors (Lipinski definition) is 5. The van der Waals surface area contributed by atoms with Crippen molar-refractivity contribution in [3.05, 3.63) is 22.4 Å². The van der Waals surface area contributed by atoms with Crippen LogP contribution in [0.25, 0.3) is 0 Å². The van der Waals surface area contributed by atoms with Crippen LogP contribution >= 0.6 is 23.1 Å². The van der Waals surface area contributed by atoms with Gasteiger partial charge in [-0.25, -0.2) is 5.06 Å². The Morgan fingerprint density at radius 3 is 3.12 bits per heavy atom. The number of nitrogens with zero attached hydrogens (tertiary/aromatic N) is 2. The standard InChI is InChI=1S/C10H12N2O2S2/c1-12(14-2)10(13)7-6-16-9(11-7)8-4-3-5-15-8/h3-5,7H,6H2,1-2H3. The van der Waals surface area contributed by atoms with E-state index < -0.39 is 0 Å². The highest BCUT2D eigenvalue weighted by Gasteiger charge is 2.28. The summed E-state index contributed by atoms with van der Waals surface area (Å²) >= 11 is 3.26. The van der Waals surface area contributed by atoms with Gasteiger partial charge in [0.05, 0.1) is 12.0 Å². The van der Waals surface area contributed by atoms with Gasteiger partial charge in [0.25, 0.3) is 5.91 Å². The van der Waals surface area contributed by atoms with Gasteiger partial charge in [-0.3, -0.25) is 14.6 Å². The molecule has 86 valence electrons. The van der Waals surface area contributed by atoms with Gasteiger partial charge in [0.2, 0.25) is 0 Å². The summed E-state index contributed by atoms with van der Waals surface area (Å²) in [5.41, 5.74) is 0. The van der Waals surface area contributed by atoms with Crippen LogP contribution in [0, 0.1) is 0 Å². The number of thiophene rings is 1. The number of thioether (sulfide) groups is 1. The Labute approximate surface area is 102 Å². The Bertz CT molecular complexity index is 403. The lowest BCUT2D eigenvalue weighted by Crippen LogP contribution is -2.34. The lowest BCUT2D eigenvalue weighted by molar-refractivity contribution is -0.169. The lowest BCUT2D eigenvalue weighted by atomic mass is 10.3. The van der Waals surface area contributed by atoms with Crippen molar-refractivity contribution in [2.45, 2.75) is 6.04 Å². The van der Waals surface area contributed by atoms with Crippen molar-refractivity contribution in [3.63, 3.8) is 0 Å². The third-order valence-corrected chi connectivity index (χ3v) is 4.34. The summed E-state index contributed by atoms with van der Waals surface area (Å²) in [5, 5.41) is 4.19. The summed E-state index contributed by atoms with van der Waals surface area (Å²) < 4.78 is 0. The molecule has 2 heterocycles. The van der Waals surface area contributed by atoms with E-state index in [1.54, 1.807) is 30.1 Å². The highest BCUT2D eigenvalue weighted by Crippen LogP contribution is 2.26. The van der Waals surface area contributed by atoms with Gasteiger partial charge in [0, 0.05) is 12.8 Å². The van der Waals surface area contributed by atoms with Crippen LogP contribution in [0.5, 0.6) is 0 Å². The van der Waals surface area contributed by atoms with Gasteiger partial charge in [-0.2, -0.15) is 0 Å². The van der Waals surface area contributed by atoms with Crippen LogP contribution in [-0.4, -0.2) is 42.0 Å². The number of aliphatic imine (C=N–C) groups is 1. The quantitative estimate of drug-likeness (QED) is 0.772. The van der Waals surface area contributed by atoms with Crippen molar-refractivity contribution >= 4 is 34.0 Å². The summed E-state index contributed by atoms with van der Waals surface area (Å²) in [6.07, 6.45) is 0. The maximum Gasteiger partial charge on any atom is 0.271 e. The molecule has 1 aromatic rings. The molecular formula is C10H12N2O2S2. The first kappa shape index (κ1) is 11.6. The fraction of sp³-hybridized carbons (Fsp3) is 0.400. The number of rotatable bonds is 3. The minimum Gasteiger partial charge on any atom is -0.274 e. The molecule has 2 rings (SSSR count). The van der Waals surface area contributed by atoms with Gasteiger partial charge in [-0.15, -0.1) is 23.1 Å². The first-order chi connectivity index (χ1) is 7.72. The molecule has 1 aliphatic rings. The molecule has 1 aromatic heterocycles. The maximum absolute atomic E-state index is 11.8. The van der Waals surface area contributed by atoms with Crippen molar-refractivity contribution in [1.29, 1.82) is 0 Å². The summed E-state index contributed by atoms with van der Waals surface area (Å²) in [6, 6.07) is 3.69. The Balaban J connectivity index is 2.09. The zero-order chi connectivity index (χ0) is 11.5. The number of likely N-dealkylation sites (N-methyl/N-ethyl adjacent to an activating group) is 1. The van der Waals surface area contributed by atoms with Crippen LogP contribution in [0.2, 0.25) is 0 Å². The Hall–Kier alpha value is -0.850. The van der Waals surface area contributed by atoms with Gasteiger partial charge in [0.15, 0.2) is 0 Å².